The Hall–Kier alpha value is -1.18. The van der Waals surface area contributed by atoms with Gasteiger partial charge in [-0.1, -0.05) is 32.4 Å². The van der Waals surface area contributed by atoms with Gasteiger partial charge >= 0.3 is 0 Å². The van der Waals surface area contributed by atoms with E-state index in [-0.39, 0.29) is 16.8 Å². The van der Waals surface area contributed by atoms with Gasteiger partial charge in [0.15, 0.2) is 31.1 Å². The number of ether oxygens (including phenoxy) is 3. The number of hydrogen-bond acceptors (Lipinski definition) is 9. The molecule has 10 nitrogen and oxygen atoms in total. The highest BCUT2D eigenvalue weighted by atomic mass is 35.5. The van der Waals surface area contributed by atoms with E-state index in [2.05, 4.69) is 48.8 Å². The van der Waals surface area contributed by atoms with Crippen molar-refractivity contribution < 1.29 is 28.8 Å². The monoisotopic (exact) mass is 500 g/mol. The predicted molar refractivity (Wildman–Crippen MR) is 123 cm³/mol. The summed E-state index contributed by atoms with van der Waals surface area (Å²) in [5.74, 6) is -0.981. The summed E-state index contributed by atoms with van der Waals surface area (Å²) in [6.07, 6.45) is -2.85. The zero-order chi connectivity index (χ0) is 24.3. The fourth-order valence-electron chi connectivity index (χ4n) is 3.93. The Morgan fingerprint density at radius 2 is 1.79 bits per heavy atom. The highest BCUT2D eigenvalue weighted by Gasteiger charge is 2.55. The first-order valence-electron chi connectivity index (χ1n) is 11.1. The lowest BCUT2D eigenvalue weighted by molar-refractivity contribution is -0.205. The Kier molecular flexibility index (Phi) is 6.41. The third kappa shape index (κ3) is 4.57. The molecule has 184 valence electrons. The smallest absolute Gasteiger partial charge is 0.192 e. The molecule has 0 saturated carbocycles. The van der Waals surface area contributed by atoms with Gasteiger partial charge in [0, 0.05) is 0 Å². The summed E-state index contributed by atoms with van der Waals surface area (Å²) in [6, 6.07) is 0. The third-order valence-corrected chi connectivity index (χ3v) is 11.6. The van der Waals surface area contributed by atoms with E-state index in [1.165, 1.54) is 12.7 Å². The average Bonchev–Trinajstić information content (AvgIpc) is 3.25. The summed E-state index contributed by atoms with van der Waals surface area (Å²) in [7, 11) is -2.14. The van der Waals surface area contributed by atoms with Crippen LogP contribution in [0.3, 0.4) is 0 Å². The van der Waals surface area contributed by atoms with Gasteiger partial charge in [-0.05, 0) is 32.0 Å². The molecule has 2 aromatic rings. The summed E-state index contributed by atoms with van der Waals surface area (Å²) in [5, 5.41) is 22.3. The number of imidazole rings is 1. The van der Waals surface area contributed by atoms with Gasteiger partial charge in [0.2, 0.25) is 0 Å². The fraction of sp³-hybridized carbons (Fsp3) is 0.762. The molecule has 0 radical (unpaired) electrons. The predicted octanol–water partition coefficient (Wildman–Crippen LogP) is 2.64. The molecular formula is C21H33ClN4O6Si. The van der Waals surface area contributed by atoms with E-state index in [0.717, 1.165) is 0 Å². The van der Waals surface area contributed by atoms with Crippen LogP contribution in [0.5, 0.6) is 0 Å². The molecule has 2 aliphatic rings. The Morgan fingerprint density at radius 1 is 1.12 bits per heavy atom. The van der Waals surface area contributed by atoms with E-state index >= 15 is 0 Å². The van der Waals surface area contributed by atoms with E-state index in [1.54, 1.807) is 18.4 Å². The summed E-state index contributed by atoms with van der Waals surface area (Å²) >= 11 is 6.20. The normalized spacial score (nSPS) is 32.7. The molecule has 33 heavy (non-hydrogen) atoms. The van der Waals surface area contributed by atoms with Crippen molar-refractivity contribution in [2.24, 2.45) is 0 Å². The van der Waals surface area contributed by atoms with Crippen molar-refractivity contribution in [1.82, 2.24) is 19.5 Å². The van der Waals surface area contributed by atoms with Crippen LogP contribution in [0.4, 0.5) is 0 Å². The van der Waals surface area contributed by atoms with Crippen LogP contribution in [0.2, 0.25) is 23.3 Å². The molecular weight excluding hydrogens is 468 g/mol. The first-order chi connectivity index (χ1) is 15.2. The van der Waals surface area contributed by atoms with Crippen LogP contribution in [0, 0.1) is 0 Å². The first kappa shape index (κ1) is 24.9. The topological polar surface area (TPSA) is 121 Å². The van der Waals surface area contributed by atoms with Crippen LogP contribution in [0.15, 0.2) is 12.7 Å². The fourth-order valence-corrected chi connectivity index (χ4v) is 5.12. The molecule has 0 spiro atoms. The van der Waals surface area contributed by atoms with Crippen molar-refractivity contribution in [2.75, 3.05) is 6.61 Å². The zero-order valence-electron chi connectivity index (χ0n) is 20.0. The van der Waals surface area contributed by atoms with Crippen LogP contribution in [0.25, 0.3) is 11.2 Å². The molecule has 2 N–H and O–H groups in total. The molecule has 2 aliphatic heterocycles. The number of hydrogen-bond donors (Lipinski definition) is 2. The van der Waals surface area contributed by atoms with Gasteiger partial charge < -0.3 is 28.8 Å². The van der Waals surface area contributed by atoms with Crippen molar-refractivity contribution in [3.05, 3.63) is 17.8 Å². The molecule has 0 unspecified atom stereocenters. The molecule has 0 bridgehead atoms. The molecule has 0 aliphatic carbocycles. The van der Waals surface area contributed by atoms with Crippen molar-refractivity contribution >= 4 is 31.1 Å². The summed E-state index contributed by atoms with van der Waals surface area (Å²) in [6.45, 7) is 14.3. The first-order valence-corrected chi connectivity index (χ1v) is 14.3. The minimum atomic E-state index is -2.14. The van der Waals surface area contributed by atoms with E-state index < -0.39 is 50.9 Å². The number of fused-ring (bicyclic) bond motifs is 2. The Bertz CT molecular complexity index is 1010. The lowest BCUT2D eigenvalue weighted by Gasteiger charge is -2.38. The maximum absolute atomic E-state index is 11.1. The Labute approximate surface area is 199 Å². The second kappa shape index (κ2) is 8.49. The van der Waals surface area contributed by atoms with E-state index in [4.69, 9.17) is 30.2 Å². The maximum Gasteiger partial charge on any atom is 0.192 e. The Balaban J connectivity index is 1.72. The van der Waals surface area contributed by atoms with Gasteiger partial charge in [0.25, 0.3) is 0 Å². The number of aliphatic hydroxyl groups is 2. The van der Waals surface area contributed by atoms with Crippen LogP contribution < -0.4 is 0 Å². The second-order valence-corrected chi connectivity index (χ2v) is 15.8. The van der Waals surface area contributed by atoms with Crippen molar-refractivity contribution in [2.45, 2.75) is 95.3 Å². The molecule has 12 heteroatoms. The van der Waals surface area contributed by atoms with Crippen LogP contribution in [-0.4, -0.2) is 81.0 Å². The second-order valence-electron chi connectivity index (χ2n) is 10.7. The van der Waals surface area contributed by atoms with Crippen molar-refractivity contribution in [1.29, 1.82) is 0 Å². The summed E-state index contributed by atoms with van der Waals surface area (Å²) < 4.78 is 26.5. The van der Waals surface area contributed by atoms with E-state index in [0.29, 0.717) is 11.2 Å². The van der Waals surface area contributed by atoms with Gasteiger partial charge in [-0.25, -0.2) is 15.0 Å². The number of halogens is 1. The lowest BCUT2D eigenvalue weighted by Crippen LogP contribution is -2.49. The third-order valence-electron chi connectivity index (χ3n) is 6.83. The SMILES string of the molecule is CC1(C)O[C@@H]2[C@@H](O)[C@H](O)[C@@H](CO[Si](C)(C)C(C)(C)C)O[C@@H](n3cnc4c(Cl)ncnc43)[C@@H]2O1. The standard InChI is InChI=1S/C21H33ClN4O6Si/c1-20(2,3)33(6,7)29-8-11-13(27)14(28)15-16(32-21(4,5)31-15)19(30-11)26-10-25-12-17(22)23-9-24-18(12)26/h9-11,13-16,19,27-28H,8H2,1-7H3/t11-,13-,14+,15-,16-,19-/m1/s1. The molecule has 4 heterocycles. The number of rotatable bonds is 4. The lowest BCUT2D eigenvalue weighted by atomic mass is 10.0. The largest absolute Gasteiger partial charge is 0.414 e. The quantitative estimate of drug-likeness (QED) is 0.482. The minimum Gasteiger partial charge on any atom is -0.414 e. The number of aromatic nitrogens is 4. The van der Waals surface area contributed by atoms with Crippen LogP contribution in [-0.2, 0) is 18.6 Å². The van der Waals surface area contributed by atoms with Gasteiger partial charge in [0.1, 0.15) is 42.4 Å². The van der Waals surface area contributed by atoms with Crippen LogP contribution in [0.1, 0.15) is 40.8 Å². The molecule has 6 atom stereocenters. The summed E-state index contributed by atoms with van der Waals surface area (Å²) in [5.41, 5.74) is 0.860. The number of aliphatic hydroxyl groups excluding tert-OH is 2. The molecule has 0 aromatic carbocycles. The summed E-state index contributed by atoms with van der Waals surface area (Å²) in [4.78, 5) is 12.6. The molecule has 4 rings (SSSR count). The molecule has 2 fully saturated rings. The molecule has 0 amide bonds. The van der Waals surface area contributed by atoms with Gasteiger partial charge in [-0.15, -0.1) is 0 Å². The minimum absolute atomic E-state index is 0.0261. The van der Waals surface area contributed by atoms with Crippen molar-refractivity contribution in [3.63, 3.8) is 0 Å². The van der Waals surface area contributed by atoms with Gasteiger partial charge in [0.05, 0.1) is 12.9 Å². The molecule has 2 aromatic heterocycles. The van der Waals surface area contributed by atoms with Gasteiger partial charge in [-0.2, -0.15) is 0 Å². The van der Waals surface area contributed by atoms with Gasteiger partial charge in [-0.3, -0.25) is 4.57 Å². The zero-order valence-corrected chi connectivity index (χ0v) is 21.8. The molecule has 2 saturated heterocycles. The van der Waals surface area contributed by atoms with Crippen LogP contribution >= 0.6 is 11.6 Å². The van der Waals surface area contributed by atoms with Crippen molar-refractivity contribution in [3.8, 4) is 0 Å². The Morgan fingerprint density at radius 3 is 2.45 bits per heavy atom. The highest BCUT2D eigenvalue weighted by Crippen LogP contribution is 2.42. The average molecular weight is 501 g/mol. The maximum atomic E-state index is 11.1. The number of nitrogens with zero attached hydrogens (tertiary/aromatic N) is 4. The van der Waals surface area contributed by atoms with E-state index in [1.807, 2.05) is 0 Å². The van der Waals surface area contributed by atoms with E-state index in [9.17, 15) is 10.2 Å². The highest BCUT2D eigenvalue weighted by molar-refractivity contribution is 6.74.